The monoisotopic (exact) mass is 349 g/mol. The largest absolute Gasteiger partial charge is 0.303 e. The van der Waals surface area contributed by atoms with E-state index in [9.17, 15) is 9.59 Å². The summed E-state index contributed by atoms with van der Waals surface area (Å²) in [4.78, 5) is 27.9. The molecule has 26 heavy (non-hydrogen) atoms. The maximum Gasteiger partial charge on any atom is 0.167 e. The standard InChI is InChI=1S/C23H27NO2/c25-22(19-10-4-1-5-11-19)15-14-21(18-24-16-8-3-9-17-24)23(26)20-12-6-2-7-13-20/h1-2,4-7,10-13,21H,3,8-9,14-18H2. The summed E-state index contributed by atoms with van der Waals surface area (Å²) in [5.74, 6) is 0.162. The number of likely N-dealkylation sites (tertiary alicyclic amines) is 1. The Bertz CT molecular complexity index is 706. The first kappa shape index (κ1) is 18.5. The number of rotatable bonds is 8. The lowest BCUT2D eigenvalue weighted by Crippen LogP contribution is -2.37. The van der Waals surface area contributed by atoms with Gasteiger partial charge in [-0.25, -0.2) is 0 Å². The van der Waals surface area contributed by atoms with Gasteiger partial charge in [0.15, 0.2) is 11.6 Å². The van der Waals surface area contributed by atoms with E-state index in [0.29, 0.717) is 12.8 Å². The van der Waals surface area contributed by atoms with Gasteiger partial charge in [-0.3, -0.25) is 9.59 Å². The van der Waals surface area contributed by atoms with E-state index < -0.39 is 0 Å². The van der Waals surface area contributed by atoms with Crippen molar-refractivity contribution in [3.05, 3.63) is 71.8 Å². The molecule has 0 saturated carbocycles. The van der Waals surface area contributed by atoms with Crippen LogP contribution in [-0.2, 0) is 0 Å². The molecule has 2 aromatic rings. The molecule has 3 heteroatoms. The number of carbonyl (C=O) groups excluding carboxylic acids is 2. The van der Waals surface area contributed by atoms with Gasteiger partial charge in [0.05, 0.1) is 0 Å². The molecule has 1 atom stereocenters. The summed E-state index contributed by atoms with van der Waals surface area (Å²) in [6.45, 7) is 2.88. The summed E-state index contributed by atoms with van der Waals surface area (Å²) < 4.78 is 0. The fraction of sp³-hybridized carbons (Fsp3) is 0.391. The minimum Gasteiger partial charge on any atom is -0.303 e. The fourth-order valence-electron chi connectivity index (χ4n) is 3.67. The van der Waals surface area contributed by atoms with Crippen molar-refractivity contribution in [2.75, 3.05) is 19.6 Å². The molecule has 3 nitrogen and oxygen atoms in total. The van der Waals surface area contributed by atoms with Crippen LogP contribution in [0.1, 0.15) is 52.8 Å². The molecule has 1 heterocycles. The van der Waals surface area contributed by atoms with Crippen molar-refractivity contribution in [3.63, 3.8) is 0 Å². The van der Waals surface area contributed by atoms with Crippen LogP contribution in [-0.4, -0.2) is 36.1 Å². The first-order chi connectivity index (χ1) is 12.7. The third-order valence-corrected chi connectivity index (χ3v) is 5.17. The van der Waals surface area contributed by atoms with Crippen LogP contribution in [0.25, 0.3) is 0 Å². The minimum atomic E-state index is -0.122. The van der Waals surface area contributed by atoms with Crippen LogP contribution in [0.5, 0.6) is 0 Å². The molecule has 3 rings (SSSR count). The highest BCUT2D eigenvalue weighted by molar-refractivity contribution is 5.99. The van der Waals surface area contributed by atoms with E-state index in [-0.39, 0.29) is 17.5 Å². The van der Waals surface area contributed by atoms with E-state index in [2.05, 4.69) is 4.90 Å². The number of ketones is 2. The molecule has 0 amide bonds. The van der Waals surface area contributed by atoms with Crippen LogP contribution in [0.3, 0.4) is 0 Å². The summed E-state index contributed by atoms with van der Waals surface area (Å²) in [7, 11) is 0. The Hall–Kier alpha value is -2.26. The molecule has 0 spiro atoms. The lowest BCUT2D eigenvalue weighted by atomic mass is 9.90. The molecule has 136 valence electrons. The highest BCUT2D eigenvalue weighted by Crippen LogP contribution is 2.20. The second kappa shape index (κ2) is 9.44. The van der Waals surface area contributed by atoms with E-state index >= 15 is 0 Å². The highest BCUT2D eigenvalue weighted by Gasteiger charge is 2.24. The van der Waals surface area contributed by atoms with Crippen LogP contribution in [0.4, 0.5) is 0 Å². The Balaban J connectivity index is 1.67. The zero-order valence-electron chi connectivity index (χ0n) is 15.3. The molecule has 0 bridgehead atoms. The fourth-order valence-corrected chi connectivity index (χ4v) is 3.67. The average Bonchev–Trinajstić information content (AvgIpc) is 2.72. The molecule has 1 aliphatic heterocycles. The number of carbonyl (C=O) groups is 2. The van der Waals surface area contributed by atoms with Crippen molar-refractivity contribution in [1.29, 1.82) is 0 Å². The molecule has 2 aromatic carbocycles. The van der Waals surface area contributed by atoms with Crippen LogP contribution < -0.4 is 0 Å². The van der Waals surface area contributed by atoms with Crippen molar-refractivity contribution in [2.24, 2.45) is 5.92 Å². The molecule has 1 aliphatic rings. The topological polar surface area (TPSA) is 37.4 Å². The van der Waals surface area contributed by atoms with Gasteiger partial charge in [0.25, 0.3) is 0 Å². The molecule has 1 fully saturated rings. The molecule has 1 saturated heterocycles. The maximum atomic E-state index is 13.0. The van der Waals surface area contributed by atoms with Gasteiger partial charge in [0.1, 0.15) is 0 Å². The highest BCUT2D eigenvalue weighted by atomic mass is 16.1. The number of hydrogen-bond acceptors (Lipinski definition) is 3. The SMILES string of the molecule is O=C(CCC(CN1CCCCC1)C(=O)c1ccccc1)c1ccccc1. The second-order valence-electron chi connectivity index (χ2n) is 7.12. The first-order valence-electron chi connectivity index (χ1n) is 9.64. The summed E-state index contributed by atoms with van der Waals surface area (Å²) in [5.41, 5.74) is 1.48. The van der Waals surface area contributed by atoms with Gasteiger partial charge in [-0.15, -0.1) is 0 Å². The van der Waals surface area contributed by atoms with Gasteiger partial charge in [-0.2, -0.15) is 0 Å². The smallest absolute Gasteiger partial charge is 0.167 e. The Morgan fingerprint density at radius 2 is 1.38 bits per heavy atom. The molecule has 1 unspecified atom stereocenters. The number of Topliss-reactive ketones (excluding diaryl/α,β-unsaturated/α-hetero) is 2. The van der Waals surface area contributed by atoms with Gasteiger partial charge < -0.3 is 4.90 Å². The van der Waals surface area contributed by atoms with Gasteiger partial charge in [-0.05, 0) is 32.4 Å². The molecule has 0 N–H and O–H groups in total. The van der Waals surface area contributed by atoms with E-state index in [4.69, 9.17) is 0 Å². The third kappa shape index (κ3) is 5.12. The van der Waals surface area contributed by atoms with Gasteiger partial charge in [-0.1, -0.05) is 67.1 Å². The molecule has 0 aliphatic carbocycles. The van der Waals surface area contributed by atoms with Crippen LogP contribution in [0, 0.1) is 5.92 Å². The van der Waals surface area contributed by atoms with Crippen LogP contribution in [0.2, 0.25) is 0 Å². The van der Waals surface area contributed by atoms with Crippen molar-refractivity contribution in [2.45, 2.75) is 32.1 Å². The third-order valence-electron chi connectivity index (χ3n) is 5.17. The number of nitrogens with zero attached hydrogens (tertiary/aromatic N) is 1. The number of piperidine rings is 1. The summed E-state index contributed by atoms with van der Waals surface area (Å²) in [6.07, 6.45) is 4.71. The van der Waals surface area contributed by atoms with E-state index in [1.165, 1.54) is 19.3 Å². The number of benzene rings is 2. The lowest BCUT2D eigenvalue weighted by Gasteiger charge is -2.30. The Labute approximate surface area is 156 Å². The Morgan fingerprint density at radius 3 is 2.00 bits per heavy atom. The Morgan fingerprint density at radius 1 is 0.808 bits per heavy atom. The number of hydrogen-bond donors (Lipinski definition) is 0. The summed E-state index contributed by atoms with van der Waals surface area (Å²) >= 11 is 0. The first-order valence-corrected chi connectivity index (χ1v) is 9.64. The van der Waals surface area contributed by atoms with Crippen molar-refractivity contribution < 1.29 is 9.59 Å². The predicted molar refractivity (Wildman–Crippen MR) is 105 cm³/mol. The molecule has 0 radical (unpaired) electrons. The van der Waals surface area contributed by atoms with Crippen LogP contribution >= 0.6 is 0 Å². The molecular formula is C23H27NO2. The van der Waals surface area contributed by atoms with Gasteiger partial charge in [0, 0.05) is 30.0 Å². The van der Waals surface area contributed by atoms with E-state index in [0.717, 1.165) is 30.8 Å². The lowest BCUT2D eigenvalue weighted by molar-refractivity contribution is 0.0843. The summed E-state index contributed by atoms with van der Waals surface area (Å²) in [5, 5.41) is 0. The average molecular weight is 349 g/mol. The molecular weight excluding hydrogens is 322 g/mol. The van der Waals surface area contributed by atoms with Gasteiger partial charge in [0.2, 0.25) is 0 Å². The maximum absolute atomic E-state index is 13.0. The zero-order valence-corrected chi connectivity index (χ0v) is 15.3. The van der Waals surface area contributed by atoms with Crippen LogP contribution in [0.15, 0.2) is 60.7 Å². The van der Waals surface area contributed by atoms with E-state index in [1.807, 2.05) is 60.7 Å². The van der Waals surface area contributed by atoms with Crippen molar-refractivity contribution in [1.82, 2.24) is 4.90 Å². The normalized spacial score (nSPS) is 16.2. The Kier molecular flexibility index (Phi) is 6.73. The van der Waals surface area contributed by atoms with E-state index in [1.54, 1.807) is 0 Å². The van der Waals surface area contributed by atoms with Crippen molar-refractivity contribution >= 4 is 11.6 Å². The quantitative estimate of drug-likeness (QED) is 0.652. The molecule has 0 aromatic heterocycles. The van der Waals surface area contributed by atoms with Crippen molar-refractivity contribution in [3.8, 4) is 0 Å². The predicted octanol–water partition coefficient (Wildman–Crippen LogP) is 4.63. The zero-order chi connectivity index (χ0) is 18.2. The minimum absolute atomic E-state index is 0.120. The second-order valence-corrected chi connectivity index (χ2v) is 7.12. The summed E-state index contributed by atoms with van der Waals surface area (Å²) in [6, 6.07) is 18.9. The van der Waals surface area contributed by atoms with Gasteiger partial charge >= 0.3 is 0 Å².